The van der Waals surface area contributed by atoms with Gasteiger partial charge in [-0.05, 0) is 24.3 Å². The third-order valence-electron chi connectivity index (χ3n) is 2.14. The van der Waals surface area contributed by atoms with E-state index in [0.717, 1.165) is 10.6 Å². The number of hydrogen-bond acceptors (Lipinski definition) is 4. The molecule has 2 rings (SSSR count). The van der Waals surface area contributed by atoms with Crippen molar-refractivity contribution in [3.05, 3.63) is 39.8 Å². The molecule has 0 unspecified atom stereocenters. The summed E-state index contributed by atoms with van der Waals surface area (Å²) in [4.78, 5) is 15.7. The van der Waals surface area contributed by atoms with Crippen LogP contribution in [0.5, 0.6) is 0 Å². The Hall–Kier alpha value is -1.79. The third-order valence-corrected chi connectivity index (χ3v) is 3.26. The van der Waals surface area contributed by atoms with Gasteiger partial charge in [-0.1, -0.05) is 11.6 Å². The SMILES string of the molecule is NC(=O)Nc1ccc(NCc2cnc(Cl)s2)cc1. The number of benzene rings is 1. The Labute approximate surface area is 113 Å². The minimum atomic E-state index is -0.574. The van der Waals surface area contributed by atoms with Gasteiger partial charge in [-0.3, -0.25) is 0 Å². The van der Waals surface area contributed by atoms with Crippen LogP contribution in [0.4, 0.5) is 16.2 Å². The fourth-order valence-electron chi connectivity index (χ4n) is 1.37. The second kappa shape index (κ2) is 5.70. The number of thiazole rings is 1. The molecule has 0 saturated carbocycles. The number of aromatic nitrogens is 1. The van der Waals surface area contributed by atoms with E-state index in [9.17, 15) is 4.79 Å². The van der Waals surface area contributed by atoms with Gasteiger partial charge in [0.25, 0.3) is 0 Å². The summed E-state index contributed by atoms with van der Waals surface area (Å²) in [5.74, 6) is 0. The van der Waals surface area contributed by atoms with E-state index in [1.807, 2.05) is 12.1 Å². The molecule has 0 aliphatic rings. The van der Waals surface area contributed by atoms with Crippen molar-refractivity contribution in [1.82, 2.24) is 4.98 Å². The molecule has 5 nitrogen and oxygen atoms in total. The number of primary amides is 1. The first-order valence-electron chi connectivity index (χ1n) is 5.14. The summed E-state index contributed by atoms with van der Waals surface area (Å²) in [6.45, 7) is 0.660. The Bertz CT molecular complexity index is 540. The molecule has 0 bridgehead atoms. The van der Waals surface area contributed by atoms with Gasteiger partial charge in [0.15, 0.2) is 4.47 Å². The molecule has 0 atom stereocenters. The van der Waals surface area contributed by atoms with E-state index in [4.69, 9.17) is 17.3 Å². The predicted octanol–water partition coefficient (Wildman–Crippen LogP) is 2.90. The average Bonchev–Trinajstić information content (AvgIpc) is 2.74. The van der Waals surface area contributed by atoms with E-state index in [-0.39, 0.29) is 0 Å². The molecule has 94 valence electrons. The molecule has 0 saturated heterocycles. The molecule has 2 aromatic rings. The fraction of sp³-hybridized carbons (Fsp3) is 0.0909. The van der Waals surface area contributed by atoms with Crippen LogP contribution in [-0.4, -0.2) is 11.0 Å². The number of carbonyl (C=O) groups is 1. The molecule has 18 heavy (non-hydrogen) atoms. The monoisotopic (exact) mass is 282 g/mol. The van der Waals surface area contributed by atoms with Crippen molar-refractivity contribution in [3.8, 4) is 0 Å². The Kier molecular flexibility index (Phi) is 4.01. The maximum Gasteiger partial charge on any atom is 0.316 e. The summed E-state index contributed by atoms with van der Waals surface area (Å²) in [5.41, 5.74) is 6.62. The number of anilines is 2. The topological polar surface area (TPSA) is 80.0 Å². The van der Waals surface area contributed by atoms with Gasteiger partial charge in [-0.25, -0.2) is 9.78 Å². The van der Waals surface area contributed by atoms with E-state index in [0.29, 0.717) is 16.7 Å². The van der Waals surface area contributed by atoms with E-state index in [1.54, 1.807) is 18.3 Å². The van der Waals surface area contributed by atoms with Crippen LogP contribution in [0, 0.1) is 0 Å². The molecule has 7 heteroatoms. The van der Waals surface area contributed by atoms with Crippen molar-refractivity contribution in [3.63, 3.8) is 0 Å². The van der Waals surface area contributed by atoms with Gasteiger partial charge in [0.1, 0.15) is 0 Å². The summed E-state index contributed by atoms with van der Waals surface area (Å²) in [6.07, 6.45) is 1.74. The van der Waals surface area contributed by atoms with Crippen molar-refractivity contribution in [2.75, 3.05) is 10.6 Å². The normalized spacial score (nSPS) is 10.1. The molecule has 1 heterocycles. The van der Waals surface area contributed by atoms with Crippen LogP contribution in [0.25, 0.3) is 0 Å². The lowest BCUT2D eigenvalue weighted by Gasteiger charge is -2.06. The van der Waals surface area contributed by atoms with Crippen LogP contribution in [0.15, 0.2) is 30.5 Å². The highest BCUT2D eigenvalue weighted by molar-refractivity contribution is 7.15. The van der Waals surface area contributed by atoms with Crippen LogP contribution < -0.4 is 16.4 Å². The first kappa shape index (κ1) is 12.7. The average molecular weight is 283 g/mol. The molecule has 0 spiro atoms. The Balaban J connectivity index is 1.92. The molecule has 0 fully saturated rings. The molecule has 1 aromatic carbocycles. The fourth-order valence-corrected chi connectivity index (χ4v) is 2.29. The van der Waals surface area contributed by atoms with Gasteiger partial charge in [0.2, 0.25) is 0 Å². The molecule has 0 aliphatic heterocycles. The minimum Gasteiger partial charge on any atom is -0.380 e. The van der Waals surface area contributed by atoms with Crippen molar-refractivity contribution in [1.29, 1.82) is 0 Å². The number of nitrogens with zero attached hydrogens (tertiary/aromatic N) is 1. The molecular formula is C11H11ClN4OS. The summed E-state index contributed by atoms with van der Waals surface area (Å²) >= 11 is 7.18. The zero-order valence-corrected chi connectivity index (χ0v) is 10.9. The Morgan fingerprint density at radius 3 is 2.56 bits per heavy atom. The highest BCUT2D eigenvalue weighted by Crippen LogP contribution is 2.19. The van der Waals surface area contributed by atoms with Crippen LogP contribution >= 0.6 is 22.9 Å². The second-order valence-electron chi connectivity index (χ2n) is 3.50. The smallest absolute Gasteiger partial charge is 0.316 e. The number of nitrogens with one attached hydrogen (secondary N) is 2. The molecular weight excluding hydrogens is 272 g/mol. The molecule has 2 amide bonds. The Morgan fingerprint density at radius 1 is 1.33 bits per heavy atom. The van der Waals surface area contributed by atoms with Crippen molar-refractivity contribution >= 4 is 40.3 Å². The first-order chi connectivity index (χ1) is 8.63. The minimum absolute atomic E-state index is 0.535. The van der Waals surface area contributed by atoms with E-state index < -0.39 is 6.03 Å². The van der Waals surface area contributed by atoms with Gasteiger partial charge in [-0.2, -0.15) is 0 Å². The van der Waals surface area contributed by atoms with E-state index in [2.05, 4.69) is 15.6 Å². The van der Waals surface area contributed by atoms with E-state index >= 15 is 0 Å². The molecule has 1 aromatic heterocycles. The molecule has 0 aliphatic carbocycles. The lowest BCUT2D eigenvalue weighted by molar-refractivity contribution is 0.259. The quantitative estimate of drug-likeness (QED) is 0.806. The Morgan fingerprint density at radius 2 is 2.00 bits per heavy atom. The number of nitrogens with two attached hydrogens (primary N) is 1. The lowest BCUT2D eigenvalue weighted by atomic mass is 10.3. The maximum atomic E-state index is 10.6. The van der Waals surface area contributed by atoms with Crippen LogP contribution in [-0.2, 0) is 6.54 Å². The van der Waals surface area contributed by atoms with Gasteiger partial charge < -0.3 is 16.4 Å². The zero-order chi connectivity index (χ0) is 13.0. The number of rotatable bonds is 4. The number of urea groups is 1. The highest BCUT2D eigenvalue weighted by Gasteiger charge is 2.00. The largest absolute Gasteiger partial charge is 0.380 e. The first-order valence-corrected chi connectivity index (χ1v) is 6.33. The standard InChI is InChI=1S/C11H11ClN4OS/c12-10-15-6-9(18-10)5-14-7-1-3-8(4-2-7)16-11(13)17/h1-4,6,14H,5H2,(H3,13,16,17). The predicted molar refractivity (Wildman–Crippen MR) is 74.1 cm³/mol. The number of hydrogen-bond donors (Lipinski definition) is 3. The third kappa shape index (κ3) is 3.61. The van der Waals surface area contributed by atoms with Gasteiger partial charge in [0, 0.05) is 22.4 Å². The number of halogens is 1. The second-order valence-corrected chi connectivity index (χ2v) is 5.20. The van der Waals surface area contributed by atoms with Crippen molar-refractivity contribution in [2.24, 2.45) is 5.73 Å². The van der Waals surface area contributed by atoms with Crippen molar-refractivity contribution < 1.29 is 4.79 Å². The van der Waals surface area contributed by atoms with Crippen LogP contribution in [0.2, 0.25) is 4.47 Å². The summed E-state index contributed by atoms with van der Waals surface area (Å²) < 4.78 is 0.535. The lowest BCUT2D eigenvalue weighted by Crippen LogP contribution is -2.19. The van der Waals surface area contributed by atoms with Crippen molar-refractivity contribution in [2.45, 2.75) is 6.54 Å². The summed E-state index contributed by atoms with van der Waals surface area (Å²) in [6, 6.07) is 6.68. The number of carbonyl (C=O) groups excluding carboxylic acids is 1. The van der Waals surface area contributed by atoms with Gasteiger partial charge in [0.05, 0.1) is 6.54 Å². The highest BCUT2D eigenvalue weighted by atomic mass is 35.5. The maximum absolute atomic E-state index is 10.6. The van der Waals surface area contributed by atoms with E-state index in [1.165, 1.54) is 11.3 Å². The van der Waals surface area contributed by atoms with Crippen LogP contribution in [0.3, 0.4) is 0 Å². The molecule has 4 N–H and O–H groups in total. The van der Waals surface area contributed by atoms with Gasteiger partial charge in [-0.15, -0.1) is 11.3 Å². The zero-order valence-electron chi connectivity index (χ0n) is 9.31. The summed E-state index contributed by atoms with van der Waals surface area (Å²) in [5, 5.41) is 5.72. The summed E-state index contributed by atoms with van der Waals surface area (Å²) in [7, 11) is 0. The molecule has 0 radical (unpaired) electrons. The number of amides is 2. The van der Waals surface area contributed by atoms with Gasteiger partial charge >= 0.3 is 6.03 Å². The van der Waals surface area contributed by atoms with Crippen LogP contribution in [0.1, 0.15) is 4.88 Å².